The molecule has 0 bridgehead atoms. The smallest absolute Gasteiger partial charge is 0.391 e. The van der Waals surface area contributed by atoms with Crippen molar-refractivity contribution in [2.45, 2.75) is 31.5 Å². The Morgan fingerprint density at radius 3 is 2.71 bits per heavy atom. The summed E-state index contributed by atoms with van der Waals surface area (Å²) in [5.74, 6) is 0. The fraction of sp³-hybridized carbons (Fsp3) is 1.00. The normalized spacial score (nSPS) is 35.3. The predicted octanol–water partition coefficient (Wildman–Crippen LogP) is 1.60. The Hall–Kier alpha value is -0.100. The number of hydrogen-bond acceptors (Lipinski definition) is 4. The number of hydrogen-bond donors (Lipinski definition) is 0. The maximum Gasteiger partial charge on any atom is 0.391 e. The second kappa shape index (κ2) is 4.18. The monoisotopic (exact) mass is 233 g/mol. The molecular formula is C6H9F3O4P-. The topological polar surface area (TPSA) is 58.6 Å². The van der Waals surface area contributed by atoms with Crippen LogP contribution in [0.25, 0.3) is 0 Å². The molecule has 1 saturated heterocycles. The maximum absolute atomic E-state index is 11.9. The molecule has 84 valence electrons. The fourth-order valence-corrected chi connectivity index (χ4v) is 2.11. The Balaban J connectivity index is 2.56. The molecular weight excluding hydrogens is 224 g/mol. The van der Waals surface area contributed by atoms with Crippen LogP contribution in [0.15, 0.2) is 0 Å². The van der Waals surface area contributed by atoms with E-state index in [2.05, 4.69) is 9.05 Å². The Morgan fingerprint density at radius 1 is 1.50 bits per heavy atom. The van der Waals surface area contributed by atoms with Crippen LogP contribution in [0.1, 0.15) is 19.3 Å². The lowest BCUT2D eigenvalue weighted by Gasteiger charge is -2.24. The summed E-state index contributed by atoms with van der Waals surface area (Å²) in [5.41, 5.74) is 0. The lowest BCUT2D eigenvalue weighted by atomic mass is 10.1. The van der Waals surface area contributed by atoms with Crippen molar-refractivity contribution >= 4 is 7.82 Å². The molecule has 8 heteroatoms. The van der Waals surface area contributed by atoms with Crippen LogP contribution in [0.2, 0.25) is 0 Å². The zero-order valence-electron chi connectivity index (χ0n) is 7.12. The van der Waals surface area contributed by atoms with Crippen molar-refractivity contribution in [3.63, 3.8) is 0 Å². The molecule has 0 aromatic carbocycles. The first-order valence-electron chi connectivity index (χ1n) is 3.99. The molecule has 14 heavy (non-hydrogen) atoms. The molecule has 1 heterocycles. The van der Waals surface area contributed by atoms with Gasteiger partial charge >= 0.3 is 6.18 Å². The summed E-state index contributed by atoms with van der Waals surface area (Å²) < 4.78 is 55.0. The van der Waals surface area contributed by atoms with Gasteiger partial charge in [0.25, 0.3) is 7.82 Å². The first-order chi connectivity index (χ1) is 6.29. The van der Waals surface area contributed by atoms with Crippen molar-refractivity contribution in [3.8, 4) is 0 Å². The van der Waals surface area contributed by atoms with Gasteiger partial charge in [-0.3, -0.25) is 4.57 Å². The van der Waals surface area contributed by atoms with Gasteiger partial charge in [-0.25, -0.2) is 0 Å². The molecule has 1 rings (SSSR count). The Bertz CT molecular complexity index is 242. The minimum atomic E-state index is -4.52. The third-order valence-electron chi connectivity index (χ3n) is 1.66. The van der Waals surface area contributed by atoms with Gasteiger partial charge in [-0.15, -0.1) is 0 Å². The molecule has 0 spiro atoms. The van der Waals surface area contributed by atoms with Crippen LogP contribution in [0.4, 0.5) is 13.2 Å². The zero-order valence-corrected chi connectivity index (χ0v) is 8.01. The van der Waals surface area contributed by atoms with Gasteiger partial charge in [0.1, 0.15) is 0 Å². The van der Waals surface area contributed by atoms with E-state index in [9.17, 15) is 22.6 Å². The Labute approximate surface area is 78.6 Å². The van der Waals surface area contributed by atoms with Crippen molar-refractivity contribution in [3.05, 3.63) is 0 Å². The van der Waals surface area contributed by atoms with Crippen LogP contribution in [0, 0.1) is 0 Å². The molecule has 1 fully saturated rings. The molecule has 0 aromatic rings. The van der Waals surface area contributed by atoms with Crippen LogP contribution in [-0.2, 0) is 13.6 Å². The van der Waals surface area contributed by atoms with Gasteiger partial charge in [-0.1, -0.05) is 0 Å². The predicted molar refractivity (Wildman–Crippen MR) is 38.3 cm³/mol. The molecule has 0 radical (unpaired) electrons. The number of rotatable bonds is 1. The summed E-state index contributed by atoms with van der Waals surface area (Å²) in [7, 11) is -4.52. The van der Waals surface area contributed by atoms with Gasteiger partial charge in [0.05, 0.1) is 19.1 Å². The van der Waals surface area contributed by atoms with Crippen molar-refractivity contribution < 1.29 is 31.7 Å². The van der Waals surface area contributed by atoms with Crippen LogP contribution in [0.5, 0.6) is 0 Å². The molecule has 1 aliphatic rings. The Morgan fingerprint density at radius 2 is 2.14 bits per heavy atom. The van der Waals surface area contributed by atoms with Gasteiger partial charge < -0.3 is 13.9 Å². The van der Waals surface area contributed by atoms with Crippen LogP contribution in [-0.4, -0.2) is 18.9 Å². The van der Waals surface area contributed by atoms with Gasteiger partial charge in [-0.05, 0) is 12.8 Å². The van der Waals surface area contributed by atoms with E-state index >= 15 is 0 Å². The molecule has 0 aliphatic carbocycles. The second-order valence-electron chi connectivity index (χ2n) is 2.97. The highest BCUT2D eigenvalue weighted by Gasteiger charge is 2.35. The van der Waals surface area contributed by atoms with E-state index in [4.69, 9.17) is 0 Å². The molecule has 0 aromatic heterocycles. The lowest BCUT2D eigenvalue weighted by Crippen LogP contribution is -2.22. The number of alkyl halides is 3. The molecule has 2 unspecified atom stereocenters. The molecule has 0 saturated carbocycles. The van der Waals surface area contributed by atoms with Gasteiger partial charge in [0, 0.05) is 0 Å². The van der Waals surface area contributed by atoms with Crippen molar-refractivity contribution in [1.29, 1.82) is 0 Å². The first-order valence-corrected chi connectivity index (χ1v) is 5.45. The standard InChI is InChI=1S/C6H10F3O4P/c7-6(8,9)4-5-2-1-3-12-14(10,11)13-5/h5H,1-4H2,(H,10,11)/p-1. The van der Waals surface area contributed by atoms with Crippen LogP contribution < -0.4 is 4.89 Å². The molecule has 4 nitrogen and oxygen atoms in total. The van der Waals surface area contributed by atoms with Gasteiger partial charge in [0.2, 0.25) is 0 Å². The summed E-state index contributed by atoms with van der Waals surface area (Å²) >= 11 is 0. The highest BCUT2D eigenvalue weighted by Crippen LogP contribution is 2.44. The van der Waals surface area contributed by atoms with E-state index in [0.717, 1.165) is 0 Å². The van der Waals surface area contributed by atoms with E-state index in [-0.39, 0.29) is 19.4 Å². The number of phosphoric ester groups is 1. The third-order valence-corrected chi connectivity index (χ3v) is 2.71. The van der Waals surface area contributed by atoms with E-state index < -0.39 is 26.5 Å². The zero-order chi connectivity index (χ0) is 10.8. The quantitative estimate of drug-likeness (QED) is 0.645. The minimum Gasteiger partial charge on any atom is -0.756 e. The lowest BCUT2D eigenvalue weighted by molar-refractivity contribution is -0.231. The summed E-state index contributed by atoms with van der Waals surface area (Å²) in [6.45, 7) is -0.116. The highest BCUT2D eigenvalue weighted by molar-refractivity contribution is 7.45. The first kappa shape index (κ1) is 12.0. The number of halogens is 3. The molecule has 1 aliphatic heterocycles. The van der Waals surface area contributed by atoms with Gasteiger partial charge in [-0.2, -0.15) is 13.2 Å². The van der Waals surface area contributed by atoms with Crippen LogP contribution >= 0.6 is 7.82 Å². The summed E-state index contributed by atoms with van der Waals surface area (Å²) in [5, 5.41) is 0. The molecule has 0 amide bonds. The fourth-order valence-electron chi connectivity index (χ4n) is 1.15. The van der Waals surface area contributed by atoms with Gasteiger partial charge in [0.15, 0.2) is 0 Å². The highest BCUT2D eigenvalue weighted by atomic mass is 31.2. The van der Waals surface area contributed by atoms with Crippen LogP contribution in [0.3, 0.4) is 0 Å². The van der Waals surface area contributed by atoms with Crippen molar-refractivity contribution in [2.75, 3.05) is 6.61 Å². The van der Waals surface area contributed by atoms with Crippen molar-refractivity contribution in [1.82, 2.24) is 0 Å². The second-order valence-corrected chi connectivity index (χ2v) is 4.33. The SMILES string of the molecule is O=P1([O-])OCCCC(CC(F)(F)F)O1. The molecule has 0 N–H and O–H groups in total. The summed E-state index contributed by atoms with van der Waals surface area (Å²) in [6.07, 6.45) is -6.75. The van der Waals surface area contributed by atoms with Crippen molar-refractivity contribution in [2.24, 2.45) is 0 Å². The number of phosphoric acid groups is 1. The third kappa shape index (κ3) is 4.41. The van der Waals surface area contributed by atoms with E-state index in [1.165, 1.54) is 0 Å². The largest absolute Gasteiger partial charge is 0.756 e. The average molecular weight is 233 g/mol. The van der Waals surface area contributed by atoms with E-state index in [1.807, 2.05) is 0 Å². The Kier molecular flexibility index (Phi) is 3.58. The maximum atomic E-state index is 11.9. The van der Waals surface area contributed by atoms with E-state index in [0.29, 0.717) is 0 Å². The molecule has 2 atom stereocenters. The summed E-state index contributed by atoms with van der Waals surface area (Å²) in [4.78, 5) is 10.8. The average Bonchev–Trinajstić information content (AvgIpc) is 2.06. The minimum absolute atomic E-state index is 0.0335. The van der Waals surface area contributed by atoms with E-state index in [1.54, 1.807) is 0 Å². The summed E-state index contributed by atoms with van der Waals surface area (Å²) in [6, 6.07) is 0.